The highest BCUT2D eigenvalue weighted by Gasteiger charge is 2.30. The fourth-order valence-electron chi connectivity index (χ4n) is 3.33. The molecule has 2 aromatic carbocycles. The van der Waals surface area contributed by atoms with Crippen molar-refractivity contribution in [1.29, 1.82) is 0 Å². The molecule has 1 atom stereocenters. The Bertz CT molecular complexity index is 934. The summed E-state index contributed by atoms with van der Waals surface area (Å²) in [5.41, 5.74) is 1.96. The molecule has 1 aliphatic heterocycles. The summed E-state index contributed by atoms with van der Waals surface area (Å²) in [6.45, 7) is 1.35. The van der Waals surface area contributed by atoms with Crippen molar-refractivity contribution in [1.82, 2.24) is 4.57 Å². The molecule has 0 bridgehead atoms. The third-order valence-corrected chi connectivity index (χ3v) is 4.79. The summed E-state index contributed by atoms with van der Waals surface area (Å²) in [6, 6.07) is 14.8. The first-order chi connectivity index (χ1) is 13.5. The molecule has 1 aromatic heterocycles. The van der Waals surface area contributed by atoms with Crippen LogP contribution in [0.5, 0.6) is 5.75 Å². The molecule has 0 aliphatic carbocycles. The molecule has 0 amide bonds. The molecule has 2 heterocycles. The molecule has 146 valence electrons. The van der Waals surface area contributed by atoms with Gasteiger partial charge in [-0.15, -0.1) is 0 Å². The van der Waals surface area contributed by atoms with E-state index in [9.17, 15) is 13.2 Å². The molecule has 7 heteroatoms. The van der Waals surface area contributed by atoms with Gasteiger partial charge < -0.3 is 18.9 Å². The average molecular weight is 388 g/mol. The van der Waals surface area contributed by atoms with Crippen LogP contribution < -0.4 is 9.64 Å². The molecule has 0 unspecified atom stereocenters. The summed E-state index contributed by atoms with van der Waals surface area (Å²) < 4.78 is 51.1. The number of alkyl halides is 3. The van der Waals surface area contributed by atoms with Crippen LogP contribution in [0.25, 0.3) is 5.69 Å². The van der Waals surface area contributed by atoms with E-state index in [-0.39, 0.29) is 6.23 Å². The van der Waals surface area contributed by atoms with Gasteiger partial charge in [-0.25, -0.2) is 0 Å². The highest BCUT2D eigenvalue weighted by atomic mass is 19.4. The SMILES string of the molecule is COc1ccc(N2CCO[C@H]2c2ccn(-c3ccc(C(F)(F)F)cc3)c2)cc1. The summed E-state index contributed by atoms with van der Waals surface area (Å²) in [4.78, 5) is 2.14. The molecule has 1 fully saturated rings. The second-order valence-corrected chi connectivity index (χ2v) is 6.51. The second-order valence-electron chi connectivity index (χ2n) is 6.51. The zero-order chi connectivity index (χ0) is 19.7. The van der Waals surface area contributed by atoms with Crippen molar-refractivity contribution >= 4 is 5.69 Å². The van der Waals surface area contributed by atoms with E-state index < -0.39 is 11.7 Å². The number of ether oxygens (including phenoxy) is 2. The number of halogens is 3. The first kappa shape index (κ1) is 18.4. The Labute approximate surface area is 160 Å². The molecule has 0 spiro atoms. The van der Waals surface area contributed by atoms with Crippen LogP contribution in [0.2, 0.25) is 0 Å². The number of benzene rings is 2. The molecular formula is C21H19F3N2O2. The third kappa shape index (κ3) is 3.57. The number of methoxy groups -OCH3 is 1. The van der Waals surface area contributed by atoms with Crippen LogP contribution in [0.4, 0.5) is 18.9 Å². The van der Waals surface area contributed by atoms with Crippen molar-refractivity contribution in [2.24, 2.45) is 0 Å². The monoisotopic (exact) mass is 388 g/mol. The maximum absolute atomic E-state index is 12.7. The third-order valence-electron chi connectivity index (χ3n) is 4.79. The lowest BCUT2D eigenvalue weighted by molar-refractivity contribution is -0.137. The van der Waals surface area contributed by atoms with E-state index in [1.54, 1.807) is 11.7 Å². The average Bonchev–Trinajstić information content (AvgIpc) is 3.37. The fourth-order valence-corrected chi connectivity index (χ4v) is 3.33. The maximum Gasteiger partial charge on any atom is 0.416 e. The Balaban J connectivity index is 1.56. The summed E-state index contributed by atoms with van der Waals surface area (Å²) in [5.74, 6) is 0.786. The topological polar surface area (TPSA) is 26.6 Å². The number of nitrogens with zero attached hydrogens (tertiary/aromatic N) is 2. The first-order valence-electron chi connectivity index (χ1n) is 8.83. The lowest BCUT2D eigenvalue weighted by Crippen LogP contribution is -2.22. The largest absolute Gasteiger partial charge is 0.497 e. The Hall–Kier alpha value is -2.93. The van der Waals surface area contributed by atoms with Crippen LogP contribution in [-0.4, -0.2) is 24.8 Å². The number of rotatable bonds is 4. The molecule has 1 aliphatic rings. The van der Waals surface area contributed by atoms with Gasteiger partial charge in [0.15, 0.2) is 6.23 Å². The molecular weight excluding hydrogens is 369 g/mol. The van der Waals surface area contributed by atoms with E-state index in [0.717, 1.165) is 35.7 Å². The van der Waals surface area contributed by atoms with Gasteiger partial charge in [-0.3, -0.25) is 0 Å². The van der Waals surface area contributed by atoms with Gasteiger partial charge in [0.1, 0.15) is 5.75 Å². The van der Waals surface area contributed by atoms with Gasteiger partial charge in [-0.05, 0) is 54.6 Å². The van der Waals surface area contributed by atoms with Crippen LogP contribution in [-0.2, 0) is 10.9 Å². The quantitative estimate of drug-likeness (QED) is 0.627. The molecule has 0 saturated carbocycles. The smallest absolute Gasteiger partial charge is 0.416 e. The number of aromatic nitrogens is 1. The molecule has 4 nitrogen and oxygen atoms in total. The minimum absolute atomic E-state index is 0.246. The van der Waals surface area contributed by atoms with E-state index in [2.05, 4.69) is 4.90 Å². The van der Waals surface area contributed by atoms with E-state index in [0.29, 0.717) is 12.3 Å². The van der Waals surface area contributed by atoms with E-state index in [1.807, 2.05) is 42.7 Å². The van der Waals surface area contributed by atoms with Crippen molar-refractivity contribution in [3.8, 4) is 11.4 Å². The minimum atomic E-state index is -4.34. The summed E-state index contributed by atoms with van der Waals surface area (Å²) >= 11 is 0. The van der Waals surface area contributed by atoms with Gasteiger partial charge >= 0.3 is 6.18 Å². The zero-order valence-corrected chi connectivity index (χ0v) is 15.2. The summed E-state index contributed by atoms with van der Waals surface area (Å²) in [6.07, 6.45) is -0.873. The van der Waals surface area contributed by atoms with Crippen LogP contribution in [0.3, 0.4) is 0 Å². The van der Waals surface area contributed by atoms with Crippen molar-refractivity contribution < 1.29 is 22.6 Å². The minimum Gasteiger partial charge on any atom is -0.497 e. The van der Waals surface area contributed by atoms with Gasteiger partial charge in [0, 0.05) is 35.9 Å². The van der Waals surface area contributed by atoms with Gasteiger partial charge in [0.25, 0.3) is 0 Å². The predicted octanol–water partition coefficient (Wildman–Crippen LogP) is 5.04. The second kappa shape index (κ2) is 7.24. The predicted molar refractivity (Wildman–Crippen MR) is 99.8 cm³/mol. The molecule has 28 heavy (non-hydrogen) atoms. The highest BCUT2D eigenvalue weighted by molar-refractivity contribution is 5.51. The van der Waals surface area contributed by atoms with E-state index in [1.165, 1.54) is 12.1 Å². The van der Waals surface area contributed by atoms with Gasteiger partial charge in [0.05, 0.1) is 19.3 Å². The van der Waals surface area contributed by atoms with Crippen LogP contribution in [0.15, 0.2) is 67.0 Å². The summed E-state index contributed by atoms with van der Waals surface area (Å²) in [7, 11) is 1.63. The van der Waals surface area contributed by atoms with Crippen molar-refractivity contribution in [2.45, 2.75) is 12.4 Å². The van der Waals surface area contributed by atoms with Crippen molar-refractivity contribution in [3.63, 3.8) is 0 Å². The maximum atomic E-state index is 12.7. The van der Waals surface area contributed by atoms with Gasteiger partial charge in [0.2, 0.25) is 0 Å². The Kier molecular flexibility index (Phi) is 4.77. The number of anilines is 1. The standard InChI is InChI=1S/C21H19F3N2O2/c1-27-19-8-6-18(7-9-19)26-12-13-28-20(26)15-10-11-25(14-15)17-4-2-16(3-5-17)21(22,23)24/h2-11,14,20H,12-13H2,1H3/t20-/m0/s1. The fraction of sp³-hybridized carbons (Fsp3) is 0.238. The van der Waals surface area contributed by atoms with Crippen molar-refractivity contribution in [3.05, 3.63) is 78.1 Å². The van der Waals surface area contributed by atoms with Crippen molar-refractivity contribution in [2.75, 3.05) is 25.2 Å². The first-order valence-corrected chi connectivity index (χ1v) is 8.83. The Morgan fingerprint density at radius 3 is 2.29 bits per heavy atom. The van der Waals surface area contributed by atoms with Crippen LogP contribution >= 0.6 is 0 Å². The Morgan fingerprint density at radius 1 is 0.964 bits per heavy atom. The van der Waals surface area contributed by atoms with E-state index >= 15 is 0 Å². The lowest BCUT2D eigenvalue weighted by atomic mass is 10.2. The molecule has 1 saturated heterocycles. The van der Waals surface area contributed by atoms with Crippen LogP contribution in [0.1, 0.15) is 17.4 Å². The van der Waals surface area contributed by atoms with Crippen LogP contribution in [0, 0.1) is 0 Å². The van der Waals surface area contributed by atoms with Gasteiger partial charge in [-0.1, -0.05) is 0 Å². The normalized spacial score (nSPS) is 17.1. The molecule has 3 aromatic rings. The molecule has 0 N–H and O–H groups in total. The summed E-state index contributed by atoms with van der Waals surface area (Å²) in [5, 5.41) is 0. The highest BCUT2D eigenvalue weighted by Crippen LogP contribution is 2.34. The molecule has 0 radical (unpaired) electrons. The lowest BCUT2D eigenvalue weighted by Gasteiger charge is -2.24. The van der Waals surface area contributed by atoms with Gasteiger partial charge in [-0.2, -0.15) is 13.2 Å². The zero-order valence-electron chi connectivity index (χ0n) is 15.2. The number of hydrogen-bond acceptors (Lipinski definition) is 3. The molecule has 4 rings (SSSR count). The van der Waals surface area contributed by atoms with E-state index in [4.69, 9.17) is 9.47 Å². The Morgan fingerprint density at radius 2 is 1.64 bits per heavy atom. The number of hydrogen-bond donors (Lipinski definition) is 0.